The number of rotatable bonds is 7. The average Bonchev–Trinajstić information content (AvgIpc) is 2.30. The molecule has 4 nitrogen and oxygen atoms in total. The van der Waals surface area contributed by atoms with E-state index in [2.05, 4.69) is 38.8 Å². The van der Waals surface area contributed by atoms with Crippen molar-refractivity contribution < 1.29 is 4.74 Å². The maximum atomic E-state index is 5.56. The summed E-state index contributed by atoms with van der Waals surface area (Å²) in [6.45, 7) is 5.21. The molecule has 1 aromatic rings. The van der Waals surface area contributed by atoms with Gasteiger partial charge in [-0.05, 0) is 47.4 Å². The van der Waals surface area contributed by atoms with E-state index in [1.807, 2.05) is 6.20 Å². The van der Waals surface area contributed by atoms with E-state index in [-0.39, 0.29) is 0 Å². The van der Waals surface area contributed by atoms with Crippen LogP contribution >= 0.6 is 15.9 Å². The standard InChI is InChI=1S/C12H20BrN3O/c1-10-8-11(13)9-15-12(10)16(5-3-4-14)6-7-17-2/h8-9H,3-7,14H2,1-2H3. The third-order valence-electron chi connectivity index (χ3n) is 2.51. The molecule has 0 bridgehead atoms. The molecule has 1 rings (SSSR count). The first-order chi connectivity index (χ1) is 8.19. The SMILES string of the molecule is COCCN(CCCN)c1ncc(Br)cc1C. The highest BCUT2D eigenvalue weighted by atomic mass is 79.9. The summed E-state index contributed by atoms with van der Waals surface area (Å²) in [5, 5.41) is 0. The number of pyridine rings is 1. The molecular weight excluding hydrogens is 282 g/mol. The van der Waals surface area contributed by atoms with Gasteiger partial charge in [-0.1, -0.05) is 0 Å². The minimum Gasteiger partial charge on any atom is -0.383 e. The van der Waals surface area contributed by atoms with E-state index in [1.165, 1.54) is 0 Å². The van der Waals surface area contributed by atoms with E-state index in [0.717, 1.165) is 35.4 Å². The third kappa shape index (κ3) is 4.61. The van der Waals surface area contributed by atoms with Crippen molar-refractivity contribution in [3.63, 3.8) is 0 Å². The van der Waals surface area contributed by atoms with Crippen LogP contribution in [0.4, 0.5) is 5.82 Å². The number of nitrogens with zero attached hydrogens (tertiary/aromatic N) is 2. The smallest absolute Gasteiger partial charge is 0.131 e. The highest BCUT2D eigenvalue weighted by molar-refractivity contribution is 9.10. The molecule has 5 heteroatoms. The fourth-order valence-corrected chi connectivity index (χ4v) is 2.12. The second-order valence-electron chi connectivity index (χ2n) is 3.92. The Bertz CT molecular complexity index is 339. The predicted octanol–water partition coefficient (Wildman–Crippen LogP) is 1.95. The van der Waals surface area contributed by atoms with E-state index in [1.54, 1.807) is 7.11 Å². The minimum absolute atomic E-state index is 0.694. The van der Waals surface area contributed by atoms with Crippen molar-refractivity contribution >= 4 is 21.7 Å². The maximum Gasteiger partial charge on any atom is 0.131 e. The van der Waals surface area contributed by atoms with Crippen LogP contribution in [0.25, 0.3) is 0 Å². The van der Waals surface area contributed by atoms with Crippen LogP contribution in [0.1, 0.15) is 12.0 Å². The Morgan fingerprint density at radius 1 is 1.47 bits per heavy atom. The Kier molecular flexibility index (Phi) is 6.47. The zero-order valence-corrected chi connectivity index (χ0v) is 12.0. The molecule has 0 aliphatic heterocycles. The summed E-state index contributed by atoms with van der Waals surface area (Å²) in [4.78, 5) is 6.69. The molecule has 2 N–H and O–H groups in total. The van der Waals surface area contributed by atoms with Gasteiger partial charge in [0.1, 0.15) is 5.82 Å². The van der Waals surface area contributed by atoms with Gasteiger partial charge in [-0.25, -0.2) is 4.98 Å². The Morgan fingerprint density at radius 3 is 2.82 bits per heavy atom. The van der Waals surface area contributed by atoms with Crippen molar-refractivity contribution in [2.24, 2.45) is 5.73 Å². The van der Waals surface area contributed by atoms with E-state index in [0.29, 0.717) is 13.2 Å². The van der Waals surface area contributed by atoms with Gasteiger partial charge in [-0.15, -0.1) is 0 Å². The number of halogens is 1. The molecule has 1 heterocycles. The van der Waals surface area contributed by atoms with Crippen molar-refractivity contribution in [1.29, 1.82) is 0 Å². The van der Waals surface area contributed by atoms with Gasteiger partial charge in [-0.3, -0.25) is 0 Å². The van der Waals surface area contributed by atoms with Crippen molar-refractivity contribution in [3.8, 4) is 0 Å². The van der Waals surface area contributed by atoms with Crippen LogP contribution in [0.5, 0.6) is 0 Å². The number of anilines is 1. The zero-order valence-electron chi connectivity index (χ0n) is 10.4. The van der Waals surface area contributed by atoms with Gasteiger partial charge in [0.05, 0.1) is 6.61 Å². The lowest BCUT2D eigenvalue weighted by Gasteiger charge is -2.24. The topological polar surface area (TPSA) is 51.4 Å². The molecule has 0 saturated heterocycles. The van der Waals surface area contributed by atoms with Gasteiger partial charge in [0.2, 0.25) is 0 Å². The lowest BCUT2D eigenvalue weighted by Crippen LogP contribution is -2.31. The van der Waals surface area contributed by atoms with Crippen LogP contribution in [0.2, 0.25) is 0 Å². The first-order valence-corrected chi connectivity index (χ1v) is 6.54. The van der Waals surface area contributed by atoms with Crippen molar-refractivity contribution in [1.82, 2.24) is 4.98 Å². The molecule has 0 amide bonds. The van der Waals surface area contributed by atoms with E-state index >= 15 is 0 Å². The van der Waals surface area contributed by atoms with Crippen molar-refractivity contribution in [3.05, 3.63) is 22.3 Å². The number of hydrogen-bond acceptors (Lipinski definition) is 4. The molecule has 0 aliphatic carbocycles. The largest absolute Gasteiger partial charge is 0.383 e. The summed E-state index contributed by atoms with van der Waals surface area (Å²) in [7, 11) is 1.71. The second-order valence-corrected chi connectivity index (χ2v) is 4.83. The van der Waals surface area contributed by atoms with Crippen LogP contribution < -0.4 is 10.6 Å². The van der Waals surface area contributed by atoms with E-state index in [4.69, 9.17) is 10.5 Å². The summed E-state index contributed by atoms with van der Waals surface area (Å²) in [6, 6.07) is 2.07. The molecule has 0 spiro atoms. The summed E-state index contributed by atoms with van der Waals surface area (Å²) in [5.41, 5.74) is 6.72. The number of hydrogen-bond donors (Lipinski definition) is 1. The quantitative estimate of drug-likeness (QED) is 0.836. The van der Waals surface area contributed by atoms with Gasteiger partial charge < -0.3 is 15.4 Å². The fourth-order valence-electron chi connectivity index (χ4n) is 1.67. The highest BCUT2D eigenvalue weighted by Gasteiger charge is 2.10. The Balaban J connectivity index is 2.79. The van der Waals surface area contributed by atoms with Gasteiger partial charge in [-0.2, -0.15) is 0 Å². The highest BCUT2D eigenvalue weighted by Crippen LogP contribution is 2.20. The van der Waals surface area contributed by atoms with Crippen LogP contribution in [-0.4, -0.2) is 38.3 Å². The van der Waals surface area contributed by atoms with Crippen molar-refractivity contribution in [2.45, 2.75) is 13.3 Å². The van der Waals surface area contributed by atoms with Crippen LogP contribution in [0, 0.1) is 6.92 Å². The molecule has 0 radical (unpaired) electrons. The van der Waals surface area contributed by atoms with Gasteiger partial charge in [0, 0.05) is 30.9 Å². The zero-order chi connectivity index (χ0) is 12.7. The monoisotopic (exact) mass is 301 g/mol. The number of ether oxygens (including phenoxy) is 1. The number of aromatic nitrogens is 1. The second kappa shape index (κ2) is 7.63. The normalized spacial score (nSPS) is 10.6. The molecule has 96 valence electrons. The van der Waals surface area contributed by atoms with Crippen LogP contribution in [-0.2, 0) is 4.74 Å². The first-order valence-electron chi connectivity index (χ1n) is 5.75. The predicted molar refractivity (Wildman–Crippen MR) is 74.4 cm³/mol. The summed E-state index contributed by atoms with van der Waals surface area (Å²) in [5.74, 6) is 1.01. The average molecular weight is 302 g/mol. The Hall–Kier alpha value is -0.650. The van der Waals surface area contributed by atoms with E-state index in [9.17, 15) is 0 Å². The molecule has 0 saturated carbocycles. The third-order valence-corrected chi connectivity index (χ3v) is 2.95. The first kappa shape index (κ1) is 14.4. The fraction of sp³-hybridized carbons (Fsp3) is 0.583. The number of nitrogens with two attached hydrogens (primary N) is 1. The van der Waals surface area contributed by atoms with Gasteiger partial charge >= 0.3 is 0 Å². The lowest BCUT2D eigenvalue weighted by molar-refractivity contribution is 0.205. The molecule has 17 heavy (non-hydrogen) atoms. The molecule has 0 unspecified atom stereocenters. The summed E-state index contributed by atoms with van der Waals surface area (Å²) < 4.78 is 6.13. The maximum absolute atomic E-state index is 5.56. The number of methoxy groups -OCH3 is 1. The summed E-state index contributed by atoms with van der Waals surface area (Å²) in [6.07, 6.45) is 2.78. The van der Waals surface area contributed by atoms with Gasteiger partial charge in [0.15, 0.2) is 0 Å². The number of aryl methyl sites for hydroxylation is 1. The van der Waals surface area contributed by atoms with Gasteiger partial charge in [0.25, 0.3) is 0 Å². The Morgan fingerprint density at radius 2 is 2.24 bits per heavy atom. The van der Waals surface area contributed by atoms with Crippen molar-refractivity contribution in [2.75, 3.05) is 38.3 Å². The molecule has 0 fully saturated rings. The molecule has 0 aromatic carbocycles. The van der Waals surface area contributed by atoms with Crippen LogP contribution in [0.15, 0.2) is 16.7 Å². The molecule has 0 atom stereocenters. The Labute approximate surface area is 111 Å². The van der Waals surface area contributed by atoms with Crippen LogP contribution in [0.3, 0.4) is 0 Å². The summed E-state index contributed by atoms with van der Waals surface area (Å²) >= 11 is 3.43. The minimum atomic E-state index is 0.694. The van der Waals surface area contributed by atoms with E-state index < -0.39 is 0 Å². The molecular formula is C12H20BrN3O. The molecule has 0 aliphatic rings. The lowest BCUT2D eigenvalue weighted by atomic mass is 10.2. The molecule has 1 aromatic heterocycles.